The molecule has 1 N–H and O–H groups in total. The summed E-state index contributed by atoms with van der Waals surface area (Å²) in [5.41, 5.74) is 0. The molecule has 0 aromatic carbocycles. The number of fused-ring (bicyclic) bond motifs is 1. The Kier molecular flexibility index (Phi) is 3.18. The summed E-state index contributed by atoms with van der Waals surface area (Å²) in [5.74, 6) is 0.861. The number of nitrogens with one attached hydrogen (secondary N) is 1. The van der Waals surface area contributed by atoms with Gasteiger partial charge in [-0.25, -0.2) is 0 Å². The van der Waals surface area contributed by atoms with Gasteiger partial charge in [0.05, 0.1) is 12.7 Å². The number of hydrogen-bond acceptors (Lipinski definition) is 3. The molecule has 4 atom stereocenters. The summed E-state index contributed by atoms with van der Waals surface area (Å²) in [6.45, 7) is 6.85. The summed E-state index contributed by atoms with van der Waals surface area (Å²) in [6.07, 6.45) is 5.87. The Hall–Kier alpha value is -0.120. The van der Waals surface area contributed by atoms with Crippen molar-refractivity contribution in [2.45, 2.75) is 50.8 Å². The molecule has 3 heteroatoms. The van der Waals surface area contributed by atoms with Crippen molar-refractivity contribution < 1.29 is 4.74 Å². The first-order valence-electron chi connectivity index (χ1n) is 6.98. The molecular weight excluding hydrogens is 200 g/mol. The van der Waals surface area contributed by atoms with Gasteiger partial charge in [-0.1, -0.05) is 13.3 Å². The van der Waals surface area contributed by atoms with Crippen molar-refractivity contribution in [3.8, 4) is 0 Å². The highest BCUT2D eigenvalue weighted by atomic mass is 16.5. The van der Waals surface area contributed by atoms with Crippen LogP contribution in [0.5, 0.6) is 0 Å². The third-order valence-electron chi connectivity index (χ3n) is 4.78. The van der Waals surface area contributed by atoms with E-state index in [0.717, 1.165) is 31.2 Å². The molecule has 2 saturated heterocycles. The zero-order valence-corrected chi connectivity index (χ0v) is 10.3. The highest BCUT2D eigenvalue weighted by Gasteiger charge is 2.42. The zero-order valence-electron chi connectivity index (χ0n) is 10.3. The molecule has 2 heterocycles. The standard InChI is InChI=1S/C13H24N2O/c1-2-10-8-14-9-12(10)15-6-7-16-13-5-3-4-11(13)15/h10-14H,2-9H2,1H3. The molecule has 0 aromatic rings. The van der Waals surface area contributed by atoms with Crippen LogP contribution in [0.1, 0.15) is 32.6 Å². The van der Waals surface area contributed by atoms with Crippen LogP contribution in [-0.4, -0.2) is 49.3 Å². The fourth-order valence-electron chi connectivity index (χ4n) is 3.89. The summed E-state index contributed by atoms with van der Waals surface area (Å²) >= 11 is 0. The Balaban J connectivity index is 1.72. The molecule has 3 rings (SSSR count). The van der Waals surface area contributed by atoms with E-state index in [4.69, 9.17) is 4.74 Å². The maximum atomic E-state index is 5.90. The van der Waals surface area contributed by atoms with Gasteiger partial charge in [-0.2, -0.15) is 0 Å². The molecule has 1 aliphatic carbocycles. The minimum atomic E-state index is 0.548. The Bertz CT molecular complexity index is 246. The Morgan fingerprint density at radius 1 is 1.25 bits per heavy atom. The molecule has 2 aliphatic heterocycles. The molecule has 16 heavy (non-hydrogen) atoms. The van der Waals surface area contributed by atoms with Gasteiger partial charge in [-0.15, -0.1) is 0 Å². The fourth-order valence-corrected chi connectivity index (χ4v) is 3.89. The minimum absolute atomic E-state index is 0.548. The van der Waals surface area contributed by atoms with Gasteiger partial charge < -0.3 is 10.1 Å². The van der Waals surface area contributed by atoms with Gasteiger partial charge >= 0.3 is 0 Å². The molecule has 0 radical (unpaired) electrons. The number of nitrogens with zero attached hydrogens (tertiary/aromatic N) is 1. The molecule has 3 fully saturated rings. The average molecular weight is 224 g/mol. The van der Waals surface area contributed by atoms with E-state index in [0.29, 0.717) is 6.10 Å². The van der Waals surface area contributed by atoms with Crippen LogP contribution in [0.25, 0.3) is 0 Å². The van der Waals surface area contributed by atoms with E-state index < -0.39 is 0 Å². The lowest BCUT2D eigenvalue weighted by atomic mass is 9.96. The predicted molar refractivity (Wildman–Crippen MR) is 64.5 cm³/mol. The summed E-state index contributed by atoms with van der Waals surface area (Å²) in [6, 6.07) is 1.51. The van der Waals surface area contributed by atoms with E-state index in [1.165, 1.54) is 38.8 Å². The predicted octanol–water partition coefficient (Wildman–Crippen LogP) is 1.24. The lowest BCUT2D eigenvalue weighted by molar-refractivity contribution is -0.0748. The van der Waals surface area contributed by atoms with Crippen molar-refractivity contribution in [1.82, 2.24) is 10.2 Å². The molecule has 0 aromatic heterocycles. The maximum Gasteiger partial charge on any atom is 0.0731 e. The molecule has 0 spiro atoms. The summed E-state index contributed by atoms with van der Waals surface area (Å²) in [5, 5.41) is 3.57. The number of rotatable bonds is 2. The highest BCUT2D eigenvalue weighted by Crippen LogP contribution is 2.33. The topological polar surface area (TPSA) is 24.5 Å². The van der Waals surface area contributed by atoms with Gasteiger partial charge in [0.2, 0.25) is 0 Å². The van der Waals surface area contributed by atoms with Gasteiger partial charge in [0.1, 0.15) is 0 Å². The van der Waals surface area contributed by atoms with Gasteiger partial charge in [0.15, 0.2) is 0 Å². The van der Waals surface area contributed by atoms with Crippen LogP contribution < -0.4 is 5.32 Å². The minimum Gasteiger partial charge on any atom is -0.375 e. The third-order valence-corrected chi connectivity index (χ3v) is 4.78. The summed E-state index contributed by atoms with van der Waals surface area (Å²) < 4.78 is 5.90. The average Bonchev–Trinajstić information content (AvgIpc) is 2.96. The van der Waals surface area contributed by atoms with Crippen LogP contribution in [0, 0.1) is 5.92 Å². The SMILES string of the molecule is CCC1CNCC1N1CCOC2CCCC21. The van der Waals surface area contributed by atoms with Gasteiger partial charge in [0.25, 0.3) is 0 Å². The van der Waals surface area contributed by atoms with E-state index in [9.17, 15) is 0 Å². The maximum absolute atomic E-state index is 5.90. The van der Waals surface area contributed by atoms with Crippen LogP contribution in [0.2, 0.25) is 0 Å². The molecule has 4 unspecified atom stereocenters. The Morgan fingerprint density at radius 3 is 3.06 bits per heavy atom. The van der Waals surface area contributed by atoms with Crippen LogP contribution in [0.15, 0.2) is 0 Å². The number of hydrogen-bond donors (Lipinski definition) is 1. The quantitative estimate of drug-likeness (QED) is 0.764. The smallest absolute Gasteiger partial charge is 0.0731 e. The highest BCUT2D eigenvalue weighted by molar-refractivity contribution is 4.97. The normalized spacial score (nSPS) is 44.8. The van der Waals surface area contributed by atoms with Crippen LogP contribution >= 0.6 is 0 Å². The van der Waals surface area contributed by atoms with Crippen molar-refractivity contribution in [1.29, 1.82) is 0 Å². The van der Waals surface area contributed by atoms with E-state index in [-0.39, 0.29) is 0 Å². The first kappa shape index (κ1) is 11.0. The van der Waals surface area contributed by atoms with Crippen molar-refractivity contribution in [2.24, 2.45) is 5.92 Å². The first-order chi connectivity index (χ1) is 7.90. The Morgan fingerprint density at radius 2 is 2.19 bits per heavy atom. The van der Waals surface area contributed by atoms with Crippen LogP contribution in [-0.2, 0) is 4.74 Å². The lowest BCUT2D eigenvalue weighted by Crippen LogP contribution is -2.55. The number of morpholine rings is 1. The van der Waals surface area contributed by atoms with Gasteiger partial charge in [0, 0.05) is 25.2 Å². The largest absolute Gasteiger partial charge is 0.375 e. The van der Waals surface area contributed by atoms with E-state index in [2.05, 4.69) is 17.1 Å². The molecule has 0 amide bonds. The molecule has 3 nitrogen and oxygen atoms in total. The van der Waals surface area contributed by atoms with Crippen molar-refractivity contribution in [3.63, 3.8) is 0 Å². The second-order valence-electron chi connectivity index (χ2n) is 5.54. The molecular formula is C13H24N2O. The second kappa shape index (κ2) is 4.63. The molecule has 1 saturated carbocycles. The van der Waals surface area contributed by atoms with Crippen LogP contribution in [0.3, 0.4) is 0 Å². The molecule has 0 bridgehead atoms. The van der Waals surface area contributed by atoms with Gasteiger partial charge in [-0.3, -0.25) is 4.90 Å². The van der Waals surface area contributed by atoms with E-state index in [1.807, 2.05) is 0 Å². The van der Waals surface area contributed by atoms with Crippen molar-refractivity contribution in [2.75, 3.05) is 26.2 Å². The second-order valence-corrected chi connectivity index (χ2v) is 5.54. The summed E-state index contributed by atoms with van der Waals surface area (Å²) in [4.78, 5) is 2.77. The van der Waals surface area contributed by atoms with E-state index in [1.54, 1.807) is 0 Å². The third kappa shape index (κ3) is 1.79. The molecule has 3 aliphatic rings. The lowest BCUT2D eigenvalue weighted by Gasteiger charge is -2.43. The van der Waals surface area contributed by atoms with Crippen molar-refractivity contribution >= 4 is 0 Å². The molecule has 92 valence electrons. The Labute approximate surface area is 98.5 Å². The van der Waals surface area contributed by atoms with E-state index >= 15 is 0 Å². The monoisotopic (exact) mass is 224 g/mol. The number of ether oxygens (including phenoxy) is 1. The first-order valence-corrected chi connectivity index (χ1v) is 6.98. The zero-order chi connectivity index (χ0) is 11.0. The van der Waals surface area contributed by atoms with Gasteiger partial charge in [-0.05, 0) is 31.7 Å². The summed E-state index contributed by atoms with van der Waals surface area (Å²) in [7, 11) is 0. The van der Waals surface area contributed by atoms with Crippen molar-refractivity contribution in [3.05, 3.63) is 0 Å². The van der Waals surface area contributed by atoms with Crippen LogP contribution in [0.4, 0.5) is 0 Å². The fraction of sp³-hybridized carbons (Fsp3) is 1.00.